The lowest BCUT2D eigenvalue weighted by molar-refractivity contribution is -0.117. The van der Waals surface area contributed by atoms with Crippen molar-refractivity contribution in [2.75, 3.05) is 13.1 Å². The number of amides is 1. The summed E-state index contributed by atoms with van der Waals surface area (Å²) in [7, 11) is 0. The van der Waals surface area contributed by atoms with E-state index >= 15 is 0 Å². The minimum Gasteiger partial charge on any atom is -0.331 e. The number of Topliss-reactive ketones (excluding diaryl/α,β-unsaturated/α-hetero) is 1. The summed E-state index contributed by atoms with van der Waals surface area (Å²) < 4.78 is 1.66. The third-order valence-electron chi connectivity index (χ3n) is 3.25. The molecular formula is C14H14N4O2. The second-order valence-corrected chi connectivity index (χ2v) is 4.82. The highest BCUT2D eigenvalue weighted by Gasteiger charge is 2.28. The first-order valence-corrected chi connectivity index (χ1v) is 6.43. The van der Waals surface area contributed by atoms with Crippen LogP contribution in [0.15, 0.2) is 30.7 Å². The molecule has 1 aliphatic heterocycles. The minimum absolute atomic E-state index is 0.0125. The van der Waals surface area contributed by atoms with E-state index in [1.165, 1.54) is 6.92 Å². The van der Waals surface area contributed by atoms with E-state index < -0.39 is 0 Å². The molecular weight excluding hydrogens is 256 g/mol. The molecule has 0 radical (unpaired) electrons. The summed E-state index contributed by atoms with van der Waals surface area (Å²) in [5.41, 5.74) is 2.16. The van der Waals surface area contributed by atoms with Crippen molar-refractivity contribution in [2.24, 2.45) is 0 Å². The highest BCUT2D eigenvalue weighted by molar-refractivity contribution is 5.98. The Morgan fingerprint density at radius 2 is 2.30 bits per heavy atom. The lowest BCUT2D eigenvalue weighted by Gasteiger charge is -2.24. The number of carbonyl (C=O) groups excluding carboxylic acids is 2. The van der Waals surface area contributed by atoms with Crippen LogP contribution >= 0.6 is 0 Å². The highest BCUT2D eigenvalue weighted by Crippen LogP contribution is 2.19. The molecule has 1 aliphatic rings. The van der Waals surface area contributed by atoms with Crippen LogP contribution in [0, 0.1) is 0 Å². The largest absolute Gasteiger partial charge is 0.331 e. The van der Waals surface area contributed by atoms with Crippen LogP contribution in [0.5, 0.6) is 0 Å². The molecule has 2 aromatic rings. The molecule has 0 atom stereocenters. The quantitative estimate of drug-likeness (QED) is 0.829. The summed E-state index contributed by atoms with van der Waals surface area (Å²) in [5, 5.41) is 4.43. The van der Waals surface area contributed by atoms with Crippen molar-refractivity contribution >= 4 is 11.7 Å². The molecule has 0 aliphatic carbocycles. The van der Waals surface area contributed by atoms with Crippen molar-refractivity contribution < 1.29 is 9.59 Å². The Kier molecular flexibility index (Phi) is 3.06. The maximum atomic E-state index is 12.3. The Morgan fingerprint density at radius 1 is 1.45 bits per heavy atom. The van der Waals surface area contributed by atoms with E-state index in [1.54, 1.807) is 28.2 Å². The predicted molar refractivity (Wildman–Crippen MR) is 71.6 cm³/mol. The molecule has 3 rings (SSSR count). The first-order chi connectivity index (χ1) is 9.65. The van der Waals surface area contributed by atoms with Gasteiger partial charge in [-0.15, -0.1) is 0 Å². The van der Waals surface area contributed by atoms with E-state index in [1.807, 2.05) is 12.1 Å². The maximum absolute atomic E-state index is 12.3. The summed E-state index contributed by atoms with van der Waals surface area (Å²) >= 11 is 0. The van der Waals surface area contributed by atoms with Gasteiger partial charge in [-0.1, -0.05) is 0 Å². The van der Waals surface area contributed by atoms with Gasteiger partial charge in [0.15, 0.2) is 0 Å². The van der Waals surface area contributed by atoms with E-state index in [4.69, 9.17) is 0 Å². The third-order valence-corrected chi connectivity index (χ3v) is 3.25. The molecule has 0 spiro atoms. The van der Waals surface area contributed by atoms with Gasteiger partial charge in [0.05, 0.1) is 29.7 Å². The van der Waals surface area contributed by atoms with Crippen molar-refractivity contribution in [1.29, 1.82) is 0 Å². The first-order valence-electron chi connectivity index (χ1n) is 6.43. The number of pyridine rings is 1. The average molecular weight is 270 g/mol. The number of aromatic nitrogens is 3. The molecule has 2 aromatic heterocycles. The summed E-state index contributed by atoms with van der Waals surface area (Å²) in [6, 6.07) is 3.70. The molecule has 20 heavy (non-hydrogen) atoms. The standard InChI is InChI=1S/C14H14N4O2/c1-10(19)8-17-6-4-13-12(14(17)20)9-18(16-13)11-3-2-5-15-7-11/h2-3,5,7,9H,4,6,8H2,1H3. The second-order valence-electron chi connectivity index (χ2n) is 4.82. The van der Waals surface area contributed by atoms with Crippen molar-refractivity contribution in [3.63, 3.8) is 0 Å². The monoisotopic (exact) mass is 270 g/mol. The van der Waals surface area contributed by atoms with E-state index in [2.05, 4.69) is 10.1 Å². The van der Waals surface area contributed by atoms with Gasteiger partial charge in [0.25, 0.3) is 5.91 Å². The van der Waals surface area contributed by atoms with Gasteiger partial charge in [-0.2, -0.15) is 5.10 Å². The third kappa shape index (κ3) is 2.20. The summed E-state index contributed by atoms with van der Waals surface area (Å²) in [6.07, 6.45) is 5.76. The number of hydrogen-bond donors (Lipinski definition) is 0. The van der Waals surface area contributed by atoms with Gasteiger partial charge >= 0.3 is 0 Å². The molecule has 0 fully saturated rings. The Bertz CT molecular complexity index is 663. The topological polar surface area (TPSA) is 68.1 Å². The normalized spacial score (nSPS) is 14.2. The smallest absolute Gasteiger partial charge is 0.257 e. The Hall–Kier alpha value is -2.50. The first kappa shape index (κ1) is 12.5. The molecule has 0 aromatic carbocycles. The van der Waals surface area contributed by atoms with Crippen LogP contribution in [0.1, 0.15) is 23.0 Å². The molecule has 1 amide bonds. The van der Waals surface area contributed by atoms with Gasteiger partial charge in [-0.3, -0.25) is 14.6 Å². The molecule has 102 valence electrons. The van der Waals surface area contributed by atoms with Crippen LogP contribution in [-0.2, 0) is 11.2 Å². The maximum Gasteiger partial charge on any atom is 0.257 e. The molecule has 0 N–H and O–H groups in total. The van der Waals surface area contributed by atoms with E-state index in [-0.39, 0.29) is 18.2 Å². The van der Waals surface area contributed by atoms with Gasteiger partial charge < -0.3 is 4.90 Å². The average Bonchev–Trinajstić information content (AvgIpc) is 2.87. The number of ketones is 1. The lowest BCUT2D eigenvalue weighted by atomic mass is 10.1. The van der Waals surface area contributed by atoms with E-state index in [9.17, 15) is 9.59 Å². The second kappa shape index (κ2) is 4.88. The van der Waals surface area contributed by atoms with Crippen molar-refractivity contribution in [2.45, 2.75) is 13.3 Å². The van der Waals surface area contributed by atoms with Crippen LogP contribution in [0.4, 0.5) is 0 Å². The zero-order valence-electron chi connectivity index (χ0n) is 11.1. The van der Waals surface area contributed by atoms with E-state index in [0.717, 1.165) is 11.4 Å². The Labute approximate surface area is 116 Å². The molecule has 6 nitrogen and oxygen atoms in total. The molecule has 3 heterocycles. The number of carbonyl (C=O) groups is 2. The fourth-order valence-electron chi connectivity index (χ4n) is 2.33. The fraction of sp³-hybridized carbons (Fsp3) is 0.286. The van der Waals surface area contributed by atoms with Crippen molar-refractivity contribution in [3.8, 4) is 5.69 Å². The zero-order chi connectivity index (χ0) is 14.1. The summed E-state index contributed by atoms with van der Waals surface area (Å²) in [5.74, 6) is -0.141. The number of nitrogens with zero attached hydrogens (tertiary/aromatic N) is 4. The molecule has 0 saturated carbocycles. The predicted octanol–water partition coefficient (Wildman–Crippen LogP) is 0.855. The van der Waals surface area contributed by atoms with Gasteiger partial charge in [0.2, 0.25) is 0 Å². The van der Waals surface area contributed by atoms with Crippen LogP contribution in [-0.4, -0.2) is 44.4 Å². The molecule has 6 heteroatoms. The van der Waals surface area contributed by atoms with Crippen LogP contribution < -0.4 is 0 Å². The van der Waals surface area contributed by atoms with Crippen molar-refractivity contribution in [1.82, 2.24) is 19.7 Å². The van der Waals surface area contributed by atoms with Crippen LogP contribution in [0.25, 0.3) is 5.69 Å². The minimum atomic E-state index is -0.128. The van der Waals surface area contributed by atoms with Crippen LogP contribution in [0.3, 0.4) is 0 Å². The SMILES string of the molecule is CC(=O)CN1CCc2nn(-c3cccnc3)cc2C1=O. The Morgan fingerprint density at radius 3 is 3.00 bits per heavy atom. The van der Waals surface area contributed by atoms with E-state index in [0.29, 0.717) is 18.5 Å². The van der Waals surface area contributed by atoms with Gasteiger partial charge in [-0.25, -0.2) is 4.68 Å². The summed E-state index contributed by atoms with van der Waals surface area (Å²) in [4.78, 5) is 29.1. The van der Waals surface area contributed by atoms with Gasteiger partial charge in [-0.05, 0) is 19.1 Å². The van der Waals surface area contributed by atoms with Crippen molar-refractivity contribution in [3.05, 3.63) is 42.0 Å². The number of rotatable bonds is 3. The molecule has 0 unspecified atom stereocenters. The summed E-state index contributed by atoms with van der Waals surface area (Å²) in [6.45, 7) is 2.19. The Balaban J connectivity index is 1.92. The molecule has 0 saturated heterocycles. The van der Waals surface area contributed by atoms with Gasteiger partial charge in [0.1, 0.15) is 5.78 Å². The number of fused-ring (bicyclic) bond motifs is 1. The van der Waals surface area contributed by atoms with Crippen LogP contribution in [0.2, 0.25) is 0 Å². The lowest BCUT2D eigenvalue weighted by Crippen LogP contribution is -2.40. The highest BCUT2D eigenvalue weighted by atomic mass is 16.2. The zero-order valence-corrected chi connectivity index (χ0v) is 11.1. The fourth-order valence-corrected chi connectivity index (χ4v) is 2.33. The molecule has 0 bridgehead atoms. The number of hydrogen-bond acceptors (Lipinski definition) is 4. The van der Waals surface area contributed by atoms with Gasteiger partial charge in [0, 0.05) is 25.4 Å².